The van der Waals surface area contributed by atoms with Crippen LogP contribution >= 0.6 is 0 Å². The Morgan fingerprint density at radius 2 is 2.10 bits per heavy atom. The Bertz CT molecular complexity index is 481. The summed E-state index contributed by atoms with van der Waals surface area (Å²) >= 11 is 0. The lowest BCUT2D eigenvalue weighted by Crippen LogP contribution is -2.53. The van der Waals surface area contributed by atoms with Crippen LogP contribution in [0.1, 0.15) is 18.8 Å². The fourth-order valence-electron chi connectivity index (χ4n) is 1.78. The van der Waals surface area contributed by atoms with E-state index in [4.69, 9.17) is 9.47 Å². The van der Waals surface area contributed by atoms with Crippen molar-refractivity contribution in [2.24, 2.45) is 0 Å². The predicted octanol–water partition coefficient (Wildman–Crippen LogP) is 1.59. The first-order valence-electron chi connectivity index (χ1n) is 6.30. The van der Waals surface area contributed by atoms with Crippen LogP contribution in [0.15, 0.2) is 42.6 Å². The highest BCUT2D eigenvalue weighted by Crippen LogP contribution is 2.27. The zero-order valence-electron chi connectivity index (χ0n) is 11.1. The van der Waals surface area contributed by atoms with E-state index < -0.39 is 18.6 Å². The molecule has 1 aliphatic rings. The van der Waals surface area contributed by atoms with Crippen LogP contribution < -0.4 is 10.9 Å². The number of ether oxygens (including phenoxy) is 2. The minimum absolute atomic E-state index is 0.0980. The summed E-state index contributed by atoms with van der Waals surface area (Å²) in [4.78, 5) is 11.9. The van der Waals surface area contributed by atoms with Crippen LogP contribution in [0.3, 0.4) is 0 Å². The third kappa shape index (κ3) is 3.34. The minimum Gasteiger partial charge on any atom is -0.346 e. The van der Waals surface area contributed by atoms with Crippen LogP contribution in [0.25, 0.3) is 0 Å². The highest BCUT2D eigenvalue weighted by molar-refractivity contribution is 5.87. The first-order chi connectivity index (χ1) is 9.65. The van der Waals surface area contributed by atoms with Gasteiger partial charge in [0.15, 0.2) is 11.9 Å². The molecule has 0 saturated heterocycles. The van der Waals surface area contributed by atoms with Crippen LogP contribution in [0.2, 0.25) is 0 Å². The third-order valence-corrected chi connectivity index (χ3v) is 2.89. The van der Waals surface area contributed by atoms with E-state index in [9.17, 15) is 9.18 Å². The van der Waals surface area contributed by atoms with Gasteiger partial charge < -0.3 is 14.9 Å². The van der Waals surface area contributed by atoms with E-state index in [1.807, 2.05) is 18.2 Å². The molecule has 1 aliphatic heterocycles. The van der Waals surface area contributed by atoms with E-state index in [2.05, 4.69) is 10.9 Å². The quantitative estimate of drug-likeness (QED) is 0.777. The number of halogens is 1. The predicted molar refractivity (Wildman–Crippen MR) is 71.0 cm³/mol. The highest BCUT2D eigenvalue weighted by Gasteiger charge is 2.37. The molecule has 1 aromatic carbocycles. The lowest BCUT2D eigenvalue weighted by molar-refractivity contribution is -0.202. The highest BCUT2D eigenvalue weighted by atomic mass is 19.1. The number of amides is 1. The SMILES string of the molecule is CC1(OC(OCCF)c2ccccc2)C=CNNC1=O. The maximum atomic E-state index is 12.3. The maximum absolute atomic E-state index is 12.3. The van der Waals surface area contributed by atoms with Crippen molar-refractivity contribution in [3.8, 4) is 0 Å². The molecule has 1 heterocycles. The molecule has 0 bridgehead atoms. The largest absolute Gasteiger partial charge is 0.346 e. The standard InChI is InChI=1S/C14H17FN2O3/c1-14(7-9-16-17-13(14)18)20-12(19-10-8-15)11-5-3-2-4-6-11/h2-7,9,12,16H,8,10H2,1H3,(H,17,18). The summed E-state index contributed by atoms with van der Waals surface area (Å²) in [6, 6.07) is 9.11. The Balaban J connectivity index is 2.17. The molecule has 6 heteroatoms. The molecule has 0 radical (unpaired) electrons. The minimum atomic E-state index is -1.18. The number of carbonyl (C=O) groups excluding carboxylic acids is 1. The van der Waals surface area contributed by atoms with Crippen molar-refractivity contribution in [1.29, 1.82) is 0 Å². The number of hydrazine groups is 1. The van der Waals surface area contributed by atoms with Gasteiger partial charge in [-0.1, -0.05) is 30.3 Å². The van der Waals surface area contributed by atoms with Gasteiger partial charge in [-0.05, 0) is 13.0 Å². The molecule has 108 valence electrons. The number of rotatable bonds is 6. The Kier molecular flexibility index (Phi) is 4.70. The van der Waals surface area contributed by atoms with Crippen LogP contribution in [-0.4, -0.2) is 24.8 Å². The van der Waals surface area contributed by atoms with Gasteiger partial charge in [-0.2, -0.15) is 0 Å². The lowest BCUT2D eigenvalue weighted by atomic mass is 10.0. The summed E-state index contributed by atoms with van der Waals surface area (Å²) < 4.78 is 23.4. The molecular formula is C14H17FN2O3. The zero-order valence-corrected chi connectivity index (χ0v) is 11.1. The van der Waals surface area contributed by atoms with Gasteiger partial charge in [0.2, 0.25) is 0 Å². The monoisotopic (exact) mass is 280 g/mol. The Morgan fingerprint density at radius 3 is 2.75 bits per heavy atom. The van der Waals surface area contributed by atoms with E-state index in [0.29, 0.717) is 0 Å². The Labute approximate surface area is 116 Å². The van der Waals surface area contributed by atoms with Crippen molar-refractivity contribution in [1.82, 2.24) is 10.9 Å². The van der Waals surface area contributed by atoms with Gasteiger partial charge in [0.05, 0.1) is 6.61 Å². The molecule has 2 rings (SSSR count). The molecule has 0 aliphatic carbocycles. The van der Waals surface area contributed by atoms with Crippen LogP contribution in [-0.2, 0) is 14.3 Å². The Hall–Kier alpha value is -1.92. The zero-order chi connectivity index (χ0) is 14.4. The van der Waals surface area contributed by atoms with Gasteiger partial charge in [0.1, 0.15) is 6.67 Å². The van der Waals surface area contributed by atoms with E-state index in [1.54, 1.807) is 31.3 Å². The molecule has 2 unspecified atom stereocenters. The summed E-state index contributed by atoms with van der Waals surface area (Å²) in [5.74, 6) is -0.343. The van der Waals surface area contributed by atoms with Crippen molar-refractivity contribution in [3.05, 3.63) is 48.2 Å². The fraction of sp³-hybridized carbons (Fsp3) is 0.357. The van der Waals surface area contributed by atoms with E-state index >= 15 is 0 Å². The fourth-order valence-corrected chi connectivity index (χ4v) is 1.78. The van der Waals surface area contributed by atoms with Crippen molar-refractivity contribution >= 4 is 5.91 Å². The van der Waals surface area contributed by atoms with E-state index in [-0.39, 0.29) is 12.5 Å². The molecule has 0 fully saturated rings. The molecule has 0 saturated carbocycles. The average Bonchev–Trinajstić information content (AvgIpc) is 2.48. The topological polar surface area (TPSA) is 59.6 Å². The second kappa shape index (κ2) is 6.49. The second-order valence-corrected chi connectivity index (χ2v) is 4.46. The molecule has 1 aromatic rings. The number of carbonyl (C=O) groups is 1. The first kappa shape index (κ1) is 14.5. The molecule has 2 atom stereocenters. The van der Waals surface area contributed by atoms with E-state index in [1.165, 1.54) is 0 Å². The van der Waals surface area contributed by atoms with Gasteiger partial charge in [0, 0.05) is 11.8 Å². The third-order valence-electron chi connectivity index (χ3n) is 2.89. The van der Waals surface area contributed by atoms with Crippen LogP contribution in [0.4, 0.5) is 4.39 Å². The number of hydrogen-bond donors (Lipinski definition) is 2. The lowest BCUT2D eigenvalue weighted by Gasteiger charge is -2.32. The smallest absolute Gasteiger partial charge is 0.274 e. The summed E-state index contributed by atoms with van der Waals surface area (Å²) in [5, 5.41) is 0. The molecule has 0 aromatic heterocycles. The summed E-state index contributed by atoms with van der Waals surface area (Å²) in [7, 11) is 0. The maximum Gasteiger partial charge on any atom is 0.274 e. The summed E-state index contributed by atoms with van der Waals surface area (Å²) in [6.07, 6.45) is 2.34. The molecule has 2 N–H and O–H groups in total. The summed E-state index contributed by atoms with van der Waals surface area (Å²) in [5.41, 5.74) is 4.59. The second-order valence-electron chi connectivity index (χ2n) is 4.46. The van der Waals surface area contributed by atoms with Crippen LogP contribution in [0, 0.1) is 0 Å². The van der Waals surface area contributed by atoms with Crippen LogP contribution in [0.5, 0.6) is 0 Å². The summed E-state index contributed by atoms with van der Waals surface area (Å²) in [6.45, 7) is 0.903. The first-order valence-corrected chi connectivity index (χ1v) is 6.30. The number of alkyl halides is 1. The molecule has 20 heavy (non-hydrogen) atoms. The van der Waals surface area contributed by atoms with E-state index in [0.717, 1.165) is 5.56 Å². The molecule has 5 nitrogen and oxygen atoms in total. The number of hydrogen-bond acceptors (Lipinski definition) is 4. The molecular weight excluding hydrogens is 263 g/mol. The van der Waals surface area contributed by atoms with Crippen molar-refractivity contribution in [3.63, 3.8) is 0 Å². The van der Waals surface area contributed by atoms with Crippen molar-refractivity contribution in [2.45, 2.75) is 18.8 Å². The van der Waals surface area contributed by atoms with Gasteiger partial charge in [0.25, 0.3) is 5.91 Å². The van der Waals surface area contributed by atoms with Gasteiger partial charge >= 0.3 is 0 Å². The average molecular weight is 280 g/mol. The molecule has 1 amide bonds. The van der Waals surface area contributed by atoms with Gasteiger partial charge in [-0.3, -0.25) is 10.2 Å². The number of benzene rings is 1. The van der Waals surface area contributed by atoms with Crippen molar-refractivity contribution < 1.29 is 18.7 Å². The van der Waals surface area contributed by atoms with Gasteiger partial charge in [-0.25, -0.2) is 4.39 Å². The number of nitrogens with one attached hydrogen (secondary N) is 2. The normalized spacial score (nSPS) is 23.0. The van der Waals surface area contributed by atoms with Gasteiger partial charge in [-0.15, -0.1) is 0 Å². The molecule has 0 spiro atoms. The van der Waals surface area contributed by atoms with Crippen molar-refractivity contribution in [2.75, 3.05) is 13.3 Å². The Morgan fingerprint density at radius 1 is 1.35 bits per heavy atom.